The van der Waals surface area contributed by atoms with Gasteiger partial charge in [-0.15, -0.1) is 6.58 Å². The fraction of sp³-hybridized carbons (Fsp3) is 0.0909. The molecule has 0 unspecified atom stereocenters. The smallest absolute Gasteiger partial charge is 0.429 e. The highest BCUT2D eigenvalue weighted by atomic mass is 19.3. The molecule has 4 aromatic carbocycles. The van der Waals surface area contributed by atoms with Crippen LogP contribution in [0.15, 0.2) is 91.8 Å². The summed E-state index contributed by atoms with van der Waals surface area (Å²) in [5, 5.41) is 0. The molecule has 0 spiro atoms. The van der Waals surface area contributed by atoms with Crippen molar-refractivity contribution in [2.75, 3.05) is 0 Å². The van der Waals surface area contributed by atoms with Crippen molar-refractivity contribution in [1.29, 1.82) is 0 Å². The fourth-order valence-corrected chi connectivity index (χ4v) is 4.44. The lowest BCUT2D eigenvalue weighted by molar-refractivity contribution is -0.189. The highest BCUT2D eigenvalue weighted by Gasteiger charge is 2.41. The molecule has 0 atom stereocenters. The molecule has 0 radical (unpaired) electrons. The second-order valence-electron chi connectivity index (χ2n) is 9.65. The van der Waals surface area contributed by atoms with Gasteiger partial charge in [0.1, 0.15) is 28.8 Å². The Labute approximate surface area is 246 Å². The largest absolute Gasteiger partial charge is 0.432 e. The van der Waals surface area contributed by atoms with Gasteiger partial charge in [-0.1, -0.05) is 42.5 Å². The Morgan fingerprint density at radius 3 is 1.77 bits per heavy atom. The topological polar surface area (TPSA) is 35.0 Å². The van der Waals surface area contributed by atoms with E-state index in [1.165, 1.54) is 12.1 Å². The molecule has 3 nitrogen and oxygen atoms in total. The maximum absolute atomic E-state index is 15.1. The molecule has 5 rings (SSSR count). The maximum Gasteiger partial charge on any atom is 0.432 e. The Kier molecular flexibility index (Phi) is 8.48. The van der Waals surface area contributed by atoms with E-state index in [0.29, 0.717) is 29.1 Å². The second-order valence-corrected chi connectivity index (χ2v) is 9.65. The summed E-state index contributed by atoms with van der Waals surface area (Å²) in [7, 11) is 0. The molecule has 5 aromatic rings. The number of ether oxygens (including phenoxy) is 1. The lowest BCUT2D eigenvalue weighted by Gasteiger charge is -2.20. The summed E-state index contributed by atoms with van der Waals surface area (Å²) >= 11 is 0. The summed E-state index contributed by atoms with van der Waals surface area (Å²) < 4.78 is 118. The molecule has 0 fully saturated rings. The van der Waals surface area contributed by atoms with Crippen LogP contribution in [0, 0.1) is 34.9 Å². The van der Waals surface area contributed by atoms with Crippen molar-refractivity contribution in [2.24, 2.45) is 0 Å². The Hall–Kier alpha value is -5.06. The van der Waals surface area contributed by atoms with Gasteiger partial charge in [0, 0.05) is 35.7 Å². The molecule has 0 N–H and O–H groups in total. The van der Waals surface area contributed by atoms with Crippen LogP contribution in [-0.4, -0.2) is 9.97 Å². The Bertz CT molecular complexity index is 1790. The van der Waals surface area contributed by atoms with Crippen LogP contribution in [0.25, 0.3) is 33.6 Å². The molecule has 0 bridgehead atoms. The van der Waals surface area contributed by atoms with Crippen LogP contribution in [-0.2, 0) is 12.5 Å². The SMILES string of the molecule is C=CCCc1cnc(-c2ccc(-c3ccc(-c4cc(F)c(C(F)(F)Oc5cc(F)c(F)c(F)c5)c(F)c4)c(F)c3)cc2)nc1. The maximum atomic E-state index is 15.1. The Morgan fingerprint density at radius 2 is 1.20 bits per heavy atom. The molecule has 224 valence electrons. The molecule has 0 saturated carbocycles. The summed E-state index contributed by atoms with van der Waals surface area (Å²) in [5.41, 5.74) is 0.157. The third-order valence-corrected chi connectivity index (χ3v) is 6.64. The minimum atomic E-state index is -4.77. The normalized spacial score (nSPS) is 11.5. The van der Waals surface area contributed by atoms with Crippen molar-refractivity contribution in [1.82, 2.24) is 9.97 Å². The van der Waals surface area contributed by atoms with Crippen molar-refractivity contribution >= 4 is 0 Å². The minimum Gasteiger partial charge on any atom is -0.429 e. The average molecular weight is 613 g/mol. The number of rotatable bonds is 9. The van der Waals surface area contributed by atoms with Crippen LogP contribution >= 0.6 is 0 Å². The lowest BCUT2D eigenvalue weighted by Crippen LogP contribution is -2.25. The standard InChI is InChI=1S/C33H20F8N2O/c1-2-3-4-18-16-42-32(43-17-18)20-7-5-19(6-8-20)21-9-10-24(25(34)11-21)22-12-26(35)30(27(36)13-22)33(40,41)44-23-14-28(37)31(39)29(38)15-23/h2,5-17H,1,3-4H2. The van der Waals surface area contributed by atoms with Gasteiger partial charge in [-0.3, -0.25) is 0 Å². The third-order valence-electron chi connectivity index (χ3n) is 6.64. The third kappa shape index (κ3) is 6.31. The molecule has 0 aliphatic rings. The first-order valence-corrected chi connectivity index (χ1v) is 13.0. The second kappa shape index (κ2) is 12.3. The van der Waals surface area contributed by atoms with E-state index in [4.69, 9.17) is 0 Å². The van der Waals surface area contributed by atoms with Gasteiger partial charge in [0.2, 0.25) is 0 Å². The molecule has 1 heterocycles. The van der Waals surface area contributed by atoms with E-state index in [1.807, 2.05) is 0 Å². The summed E-state index contributed by atoms with van der Waals surface area (Å²) in [5.74, 6) is -10.9. The van der Waals surface area contributed by atoms with Crippen molar-refractivity contribution in [2.45, 2.75) is 19.0 Å². The van der Waals surface area contributed by atoms with E-state index in [2.05, 4.69) is 21.3 Å². The predicted octanol–water partition coefficient (Wildman–Crippen LogP) is 9.56. The molecular formula is C33H20F8N2O. The van der Waals surface area contributed by atoms with Gasteiger partial charge in [-0.2, -0.15) is 8.78 Å². The van der Waals surface area contributed by atoms with Crippen molar-refractivity contribution in [3.8, 4) is 39.4 Å². The molecule has 0 aliphatic carbocycles. The number of aromatic nitrogens is 2. The molecule has 0 amide bonds. The average Bonchev–Trinajstić information content (AvgIpc) is 2.98. The Balaban J connectivity index is 1.36. The molecule has 0 aliphatic heterocycles. The number of halogens is 8. The van der Waals surface area contributed by atoms with E-state index in [-0.39, 0.29) is 17.7 Å². The fourth-order valence-electron chi connectivity index (χ4n) is 4.44. The van der Waals surface area contributed by atoms with Crippen LogP contribution in [0.1, 0.15) is 17.5 Å². The monoisotopic (exact) mass is 612 g/mol. The number of aryl methyl sites for hydroxylation is 1. The van der Waals surface area contributed by atoms with Crippen LogP contribution < -0.4 is 4.74 Å². The number of benzene rings is 4. The van der Waals surface area contributed by atoms with E-state index in [1.54, 1.807) is 42.7 Å². The summed E-state index contributed by atoms with van der Waals surface area (Å²) in [4.78, 5) is 8.73. The summed E-state index contributed by atoms with van der Waals surface area (Å²) in [6, 6.07) is 11.9. The van der Waals surface area contributed by atoms with Crippen LogP contribution in [0.3, 0.4) is 0 Å². The zero-order valence-corrected chi connectivity index (χ0v) is 22.5. The molecule has 1 aromatic heterocycles. The van der Waals surface area contributed by atoms with E-state index < -0.39 is 57.9 Å². The molecule has 44 heavy (non-hydrogen) atoms. The molecule has 11 heteroatoms. The summed E-state index contributed by atoms with van der Waals surface area (Å²) in [6.07, 6.45) is 2.08. The van der Waals surface area contributed by atoms with Crippen LogP contribution in [0.5, 0.6) is 5.75 Å². The number of nitrogens with zero attached hydrogens (tertiary/aromatic N) is 2. The van der Waals surface area contributed by atoms with E-state index in [9.17, 15) is 30.7 Å². The van der Waals surface area contributed by atoms with Crippen molar-refractivity contribution in [3.05, 3.63) is 138 Å². The van der Waals surface area contributed by atoms with Crippen LogP contribution in [0.4, 0.5) is 35.1 Å². The van der Waals surface area contributed by atoms with Gasteiger partial charge in [0.25, 0.3) is 0 Å². The van der Waals surface area contributed by atoms with Gasteiger partial charge in [-0.05, 0) is 53.3 Å². The first kappa shape index (κ1) is 30.4. The molecule has 0 saturated heterocycles. The van der Waals surface area contributed by atoms with Gasteiger partial charge < -0.3 is 4.74 Å². The highest BCUT2D eigenvalue weighted by molar-refractivity contribution is 5.73. The van der Waals surface area contributed by atoms with E-state index in [0.717, 1.165) is 30.0 Å². The first-order chi connectivity index (χ1) is 21.0. The van der Waals surface area contributed by atoms with Crippen LogP contribution in [0.2, 0.25) is 0 Å². The number of hydrogen-bond acceptors (Lipinski definition) is 3. The zero-order chi connectivity index (χ0) is 31.6. The first-order valence-electron chi connectivity index (χ1n) is 13.0. The highest BCUT2D eigenvalue weighted by Crippen LogP contribution is 2.38. The van der Waals surface area contributed by atoms with Gasteiger partial charge in [0.05, 0.1) is 0 Å². The number of hydrogen-bond donors (Lipinski definition) is 0. The zero-order valence-electron chi connectivity index (χ0n) is 22.5. The number of alkyl halides is 2. The molecular weight excluding hydrogens is 592 g/mol. The van der Waals surface area contributed by atoms with Crippen molar-refractivity contribution < 1.29 is 39.9 Å². The quantitative estimate of drug-likeness (QED) is 0.0945. The minimum absolute atomic E-state index is 0.0949. The lowest BCUT2D eigenvalue weighted by atomic mass is 9.97. The van der Waals surface area contributed by atoms with Gasteiger partial charge >= 0.3 is 6.11 Å². The van der Waals surface area contributed by atoms with Gasteiger partial charge in [-0.25, -0.2) is 36.3 Å². The van der Waals surface area contributed by atoms with E-state index >= 15 is 4.39 Å². The van der Waals surface area contributed by atoms with Gasteiger partial charge in [0.15, 0.2) is 23.3 Å². The Morgan fingerprint density at radius 1 is 0.659 bits per heavy atom. The summed E-state index contributed by atoms with van der Waals surface area (Å²) in [6.45, 7) is 3.69. The number of allylic oxidation sites excluding steroid dienone is 1. The predicted molar refractivity (Wildman–Crippen MR) is 148 cm³/mol. The van der Waals surface area contributed by atoms with Crippen molar-refractivity contribution in [3.63, 3.8) is 0 Å².